The number of aliphatic carboxylic acids is 2. The molecular weight excluding hydrogens is 564 g/mol. The molecule has 0 aliphatic carbocycles. The summed E-state index contributed by atoms with van der Waals surface area (Å²) in [5, 5.41) is 28.2. The summed E-state index contributed by atoms with van der Waals surface area (Å²) in [5.41, 5.74) is 10.4. The first-order valence-corrected chi connectivity index (χ1v) is 15.0. The van der Waals surface area contributed by atoms with E-state index in [0.29, 0.717) is 83.4 Å². The Kier molecular flexibility index (Phi) is 9.96. The number of hydrogen-bond donors (Lipinski definition) is 3. The van der Waals surface area contributed by atoms with Gasteiger partial charge in [0.25, 0.3) is 0 Å². The molecule has 0 spiro atoms. The van der Waals surface area contributed by atoms with E-state index in [9.17, 15) is 19.8 Å². The van der Waals surface area contributed by atoms with Gasteiger partial charge < -0.3 is 15.9 Å². The zero-order chi connectivity index (χ0) is 31.3. The third-order valence-electron chi connectivity index (χ3n) is 7.99. The third-order valence-corrected chi connectivity index (χ3v) is 7.99. The zero-order valence-corrected chi connectivity index (χ0v) is 25.5. The second-order valence-corrected chi connectivity index (χ2v) is 12.2. The standard InChI is InChI=1S/C30H42N10O4/c1-30(2,31)29-28-25-8-4-7-23(33-25)18-37-11-15-38(20-26(41)42)13-9-36(10-14-39(16-12-37)21-27(43)44)17-22-5-3-6-24(32-22)19-40(28)35-34-29/h3-8H,9-21,31H2,1-2H3,(H,41,42)(H,43,44). The van der Waals surface area contributed by atoms with Crippen LogP contribution in [-0.2, 0) is 34.8 Å². The van der Waals surface area contributed by atoms with Crippen LogP contribution in [0.3, 0.4) is 0 Å². The van der Waals surface area contributed by atoms with E-state index in [1.807, 2.05) is 64.7 Å². The van der Waals surface area contributed by atoms with E-state index in [2.05, 4.69) is 20.1 Å². The molecule has 14 nitrogen and oxygen atoms in total. The fourth-order valence-electron chi connectivity index (χ4n) is 5.72. The fraction of sp³-hybridized carbons (Fsp3) is 0.533. The van der Waals surface area contributed by atoms with Gasteiger partial charge in [0, 0.05) is 65.4 Å². The molecule has 1 saturated heterocycles. The molecule has 0 saturated carbocycles. The molecule has 4 N–H and O–H groups in total. The van der Waals surface area contributed by atoms with Crippen LogP contribution >= 0.6 is 0 Å². The van der Waals surface area contributed by atoms with Crippen molar-refractivity contribution in [2.45, 2.75) is 39.0 Å². The summed E-state index contributed by atoms with van der Waals surface area (Å²) in [6, 6.07) is 11.7. The normalized spacial score (nSPS) is 20.9. The van der Waals surface area contributed by atoms with Crippen LogP contribution in [0.1, 0.15) is 36.6 Å². The molecule has 14 heteroatoms. The summed E-state index contributed by atoms with van der Waals surface area (Å²) >= 11 is 0. The van der Waals surface area contributed by atoms with Gasteiger partial charge in [-0.25, -0.2) is 9.67 Å². The molecule has 0 radical (unpaired) electrons. The van der Waals surface area contributed by atoms with Gasteiger partial charge in [-0.1, -0.05) is 17.3 Å². The lowest BCUT2D eigenvalue weighted by atomic mass is 9.98. The Bertz CT molecular complexity index is 1420. The van der Waals surface area contributed by atoms with E-state index >= 15 is 0 Å². The van der Waals surface area contributed by atoms with E-state index in [1.54, 1.807) is 0 Å². The van der Waals surface area contributed by atoms with Crippen molar-refractivity contribution in [2.75, 3.05) is 65.4 Å². The molecule has 3 aliphatic heterocycles. The number of carboxylic acids is 2. The number of pyridine rings is 2. The van der Waals surface area contributed by atoms with E-state index < -0.39 is 17.5 Å². The maximum atomic E-state index is 11.8. The highest BCUT2D eigenvalue weighted by Gasteiger charge is 2.28. The molecule has 6 heterocycles. The molecule has 236 valence electrons. The summed E-state index contributed by atoms with van der Waals surface area (Å²) in [6.07, 6.45) is 0. The lowest BCUT2D eigenvalue weighted by Crippen LogP contribution is -2.47. The van der Waals surface area contributed by atoms with Crippen LogP contribution in [0, 0.1) is 0 Å². The van der Waals surface area contributed by atoms with Gasteiger partial charge in [-0.3, -0.25) is 34.2 Å². The quantitative estimate of drug-likeness (QED) is 0.365. The number of aromatic nitrogens is 5. The largest absolute Gasteiger partial charge is 0.480 e. The van der Waals surface area contributed by atoms with Gasteiger partial charge in [-0.15, -0.1) is 5.10 Å². The highest BCUT2D eigenvalue weighted by atomic mass is 16.4. The van der Waals surface area contributed by atoms with Gasteiger partial charge in [0.2, 0.25) is 0 Å². The molecular formula is C30H42N10O4. The molecule has 3 aliphatic rings. The van der Waals surface area contributed by atoms with Crippen molar-refractivity contribution < 1.29 is 19.8 Å². The molecule has 0 aromatic carbocycles. The van der Waals surface area contributed by atoms with Crippen molar-refractivity contribution in [3.05, 3.63) is 59.2 Å². The molecule has 6 bridgehead atoms. The van der Waals surface area contributed by atoms with Gasteiger partial charge in [0.05, 0.1) is 47.9 Å². The van der Waals surface area contributed by atoms with Crippen molar-refractivity contribution in [1.29, 1.82) is 0 Å². The number of fused-ring (bicyclic) bond motifs is 8. The number of carboxylic acid groups (broad SMARTS) is 2. The number of nitrogens with zero attached hydrogens (tertiary/aromatic N) is 9. The SMILES string of the molecule is CC(C)(N)c1nnn2c1-c1cccc(n1)CN1CCN(CC(=O)O)CCN(CCN(CC(=O)O)CC1)Cc1cccc(n1)C2. The second kappa shape index (κ2) is 13.9. The van der Waals surface area contributed by atoms with E-state index in [1.165, 1.54) is 0 Å². The summed E-state index contributed by atoms with van der Waals surface area (Å²) in [6.45, 7) is 9.77. The molecule has 3 aromatic heterocycles. The highest BCUT2D eigenvalue weighted by molar-refractivity contribution is 5.69. The fourth-order valence-corrected chi connectivity index (χ4v) is 5.72. The van der Waals surface area contributed by atoms with Crippen LogP contribution in [0.5, 0.6) is 0 Å². The molecule has 0 atom stereocenters. The predicted molar refractivity (Wildman–Crippen MR) is 163 cm³/mol. The van der Waals surface area contributed by atoms with Crippen molar-refractivity contribution in [2.24, 2.45) is 5.73 Å². The average Bonchev–Trinajstić information content (AvgIpc) is 3.38. The van der Waals surface area contributed by atoms with Crippen molar-refractivity contribution in [3.8, 4) is 11.4 Å². The van der Waals surface area contributed by atoms with E-state index in [-0.39, 0.29) is 13.1 Å². The molecule has 1 fully saturated rings. The number of nitrogens with two attached hydrogens (primary N) is 1. The maximum Gasteiger partial charge on any atom is 0.317 e. The molecule has 0 amide bonds. The van der Waals surface area contributed by atoms with Gasteiger partial charge >= 0.3 is 11.9 Å². The first kappa shape index (κ1) is 31.6. The first-order chi connectivity index (χ1) is 21.0. The smallest absolute Gasteiger partial charge is 0.317 e. The Labute approximate surface area is 257 Å². The van der Waals surface area contributed by atoms with Crippen molar-refractivity contribution in [3.63, 3.8) is 0 Å². The first-order valence-electron chi connectivity index (χ1n) is 15.0. The van der Waals surface area contributed by atoms with Crippen molar-refractivity contribution >= 4 is 11.9 Å². The van der Waals surface area contributed by atoms with Crippen LogP contribution in [0.4, 0.5) is 0 Å². The lowest BCUT2D eigenvalue weighted by molar-refractivity contribution is -0.139. The predicted octanol–water partition coefficient (Wildman–Crippen LogP) is 0.382. The Morgan fingerprint density at radius 3 is 1.73 bits per heavy atom. The van der Waals surface area contributed by atoms with Crippen LogP contribution in [0.2, 0.25) is 0 Å². The van der Waals surface area contributed by atoms with Gasteiger partial charge in [0.15, 0.2) is 0 Å². The van der Waals surface area contributed by atoms with Crippen LogP contribution in [0.15, 0.2) is 36.4 Å². The Hall–Kier alpha value is -3.82. The molecule has 6 rings (SSSR count). The maximum absolute atomic E-state index is 11.8. The van der Waals surface area contributed by atoms with Crippen LogP contribution < -0.4 is 5.73 Å². The second-order valence-electron chi connectivity index (χ2n) is 12.2. The van der Waals surface area contributed by atoms with Crippen LogP contribution in [-0.4, -0.2) is 132 Å². The minimum absolute atomic E-state index is 0.0526. The lowest BCUT2D eigenvalue weighted by Gasteiger charge is -2.33. The number of rotatable bonds is 5. The van der Waals surface area contributed by atoms with E-state index in [0.717, 1.165) is 22.8 Å². The third kappa shape index (κ3) is 8.42. The van der Waals surface area contributed by atoms with Crippen LogP contribution in [0.25, 0.3) is 11.4 Å². The minimum Gasteiger partial charge on any atom is -0.480 e. The van der Waals surface area contributed by atoms with Gasteiger partial charge in [0.1, 0.15) is 11.4 Å². The minimum atomic E-state index is -0.863. The van der Waals surface area contributed by atoms with Gasteiger partial charge in [-0.05, 0) is 38.1 Å². The topological polar surface area (TPSA) is 170 Å². The Morgan fingerprint density at radius 1 is 0.750 bits per heavy atom. The summed E-state index contributed by atoms with van der Waals surface area (Å²) in [4.78, 5) is 41.9. The Morgan fingerprint density at radius 2 is 1.23 bits per heavy atom. The Balaban J connectivity index is 1.60. The molecule has 44 heavy (non-hydrogen) atoms. The summed E-state index contributed by atoms with van der Waals surface area (Å²) < 4.78 is 1.82. The number of carbonyl (C=O) groups is 2. The highest BCUT2D eigenvalue weighted by Crippen LogP contribution is 2.28. The van der Waals surface area contributed by atoms with Crippen molar-refractivity contribution in [1.82, 2.24) is 44.6 Å². The summed E-state index contributed by atoms with van der Waals surface area (Å²) in [7, 11) is 0. The number of hydrogen-bond acceptors (Lipinski definition) is 11. The zero-order valence-electron chi connectivity index (χ0n) is 25.5. The van der Waals surface area contributed by atoms with E-state index in [4.69, 9.17) is 15.7 Å². The summed E-state index contributed by atoms with van der Waals surface area (Å²) in [5.74, 6) is -1.73. The molecule has 0 unspecified atom stereocenters. The van der Waals surface area contributed by atoms with Gasteiger partial charge in [-0.2, -0.15) is 0 Å². The monoisotopic (exact) mass is 606 g/mol. The average molecular weight is 607 g/mol. The molecule has 3 aromatic rings.